The smallest absolute Gasteiger partial charge is 0.410 e. The van der Waals surface area contributed by atoms with Crippen molar-refractivity contribution in [1.82, 2.24) is 14.7 Å². The van der Waals surface area contributed by atoms with Crippen LogP contribution in [0.1, 0.15) is 39.2 Å². The molecule has 2 heterocycles. The van der Waals surface area contributed by atoms with Crippen molar-refractivity contribution in [3.63, 3.8) is 0 Å². The highest BCUT2D eigenvalue weighted by Gasteiger charge is 2.28. The Morgan fingerprint density at radius 3 is 2.35 bits per heavy atom. The van der Waals surface area contributed by atoms with E-state index in [1.165, 1.54) is 0 Å². The molecule has 170 valence electrons. The van der Waals surface area contributed by atoms with Gasteiger partial charge in [-0.05, 0) is 57.2 Å². The minimum absolute atomic E-state index is 0.183. The quantitative estimate of drug-likeness (QED) is 0.695. The highest BCUT2D eigenvalue weighted by Crippen LogP contribution is 2.21. The predicted molar refractivity (Wildman–Crippen MR) is 124 cm³/mol. The molecule has 3 rings (SSSR count). The van der Waals surface area contributed by atoms with E-state index in [-0.39, 0.29) is 12.0 Å². The molecule has 0 radical (unpaired) electrons. The maximum Gasteiger partial charge on any atom is 0.410 e. The second-order valence-electron chi connectivity index (χ2n) is 9.38. The Labute approximate surface area is 190 Å². The lowest BCUT2D eigenvalue weighted by molar-refractivity contribution is -0.134. The lowest BCUT2D eigenvalue weighted by Crippen LogP contribution is -2.53. The summed E-state index contributed by atoms with van der Waals surface area (Å²) in [4.78, 5) is 30.8. The maximum atomic E-state index is 12.7. The number of amides is 2. The summed E-state index contributed by atoms with van der Waals surface area (Å²) < 4.78 is 5.43. The van der Waals surface area contributed by atoms with Crippen LogP contribution in [-0.4, -0.2) is 78.1 Å². The molecule has 0 aliphatic carbocycles. The molecule has 2 aliphatic rings. The summed E-state index contributed by atoms with van der Waals surface area (Å²) in [5.74, 6) is 0.670. The summed E-state index contributed by atoms with van der Waals surface area (Å²) in [6.07, 6.45) is 6.05. The number of piperidine rings is 1. The molecule has 2 fully saturated rings. The van der Waals surface area contributed by atoms with Gasteiger partial charge in [0, 0.05) is 44.3 Å². The first-order valence-electron chi connectivity index (χ1n) is 11.1. The molecule has 0 atom stereocenters. The number of nitrogens with zero attached hydrogens (tertiary/aromatic N) is 3. The topological polar surface area (TPSA) is 53.1 Å². The number of piperazine rings is 1. The van der Waals surface area contributed by atoms with Gasteiger partial charge in [-0.3, -0.25) is 9.69 Å². The van der Waals surface area contributed by atoms with Gasteiger partial charge in [-0.25, -0.2) is 4.79 Å². The van der Waals surface area contributed by atoms with Gasteiger partial charge in [0.2, 0.25) is 5.91 Å². The number of hydrogen-bond acceptors (Lipinski definition) is 4. The second-order valence-corrected chi connectivity index (χ2v) is 9.81. The molecule has 6 nitrogen and oxygen atoms in total. The lowest BCUT2D eigenvalue weighted by atomic mass is 9.95. The summed E-state index contributed by atoms with van der Waals surface area (Å²) >= 11 is 6.04. The van der Waals surface area contributed by atoms with E-state index in [2.05, 4.69) is 17.1 Å². The number of likely N-dealkylation sites (tertiary alicyclic amines) is 1. The molecule has 2 amide bonds. The average Bonchev–Trinajstić information content (AvgIpc) is 2.72. The van der Waals surface area contributed by atoms with Crippen LogP contribution in [0, 0.1) is 5.92 Å². The van der Waals surface area contributed by atoms with Crippen LogP contribution in [0.15, 0.2) is 30.3 Å². The van der Waals surface area contributed by atoms with E-state index < -0.39 is 5.60 Å². The lowest BCUT2D eigenvalue weighted by Gasteiger charge is -2.37. The Bertz CT molecular complexity index is 790. The van der Waals surface area contributed by atoms with Gasteiger partial charge in [0.25, 0.3) is 0 Å². The largest absolute Gasteiger partial charge is 0.444 e. The number of carbonyl (C=O) groups excluding carboxylic acids is 2. The van der Waals surface area contributed by atoms with Crippen LogP contribution in [0.3, 0.4) is 0 Å². The molecule has 0 aromatic heterocycles. The van der Waals surface area contributed by atoms with Gasteiger partial charge in [0.1, 0.15) is 5.60 Å². The van der Waals surface area contributed by atoms with E-state index in [1.807, 2.05) is 49.9 Å². The first-order valence-corrected chi connectivity index (χ1v) is 11.5. The minimum Gasteiger partial charge on any atom is -0.444 e. The van der Waals surface area contributed by atoms with Gasteiger partial charge in [-0.2, -0.15) is 0 Å². The fourth-order valence-corrected chi connectivity index (χ4v) is 4.10. The summed E-state index contributed by atoms with van der Waals surface area (Å²) in [7, 11) is 0. The van der Waals surface area contributed by atoms with Gasteiger partial charge in [-0.15, -0.1) is 0 Å². The van der Waals surface area contributed by atoms with Crippen LogP contribution >= 0.6 is 11.6 Å². The van der Waals surface area contributed by atoms with E-state index in [1.54, 1.807) is 4.90 Å². The summed E-state index contributed by atoms with van der Waals surface area (Å²) in [6.45, 7) is 10.2. The van der Waals surface area contributed by atoms with E-state index in [4.69, 9.17) is 16.3 Å². The molecule has 2 aliphatic heterocycles. The van der Waals surface area contributed by atoms with Crippen LogP contribution in [0.4, 0.5) is 4.79 Å². The number of ether oxygens (including phenoxy) is 1. The van der Waals surface area contributed by atoms with Gasteiger partial charge in [0.05, 0.1) is 6.54 Å². The van der Waals surface area contributed by atoms with E-state index in [9.17, 15) is 9.59 Å². The SMILES string of the molecule is CC(C)(C)OC(=O)N1CCN(CC(=O)N2CCC(C=Cc3cccc(Cl)c3)CC2)CC1. The fourth-order valence-electron chi connectivity index (χ4n) is 3.91. The Kier molecular flexibility index (Phi) is 8.00. The molecule has 2 saturated heterocycles. The molecule has 1 aromatic rings. The molecule has 0 unspecified atom stereocenters. The van der Waals surface area contributed by atoms with Crippen molar-refractivity contribution in [2.45, 2.75) is 39.2 Å². The molecule has 1 aromatic carbocycles. The van der Waals surface area contributed by atoms with Crippen molar-refractivity contribution in [2.24, 2.45) is 5.92 Å². The molecular weight excluding hydrogens is 414 g/mol. The van der Waals surface area contributed by atoms with E-state index in [0.29, 0.717) is 38.6 Å². The Balaban J connectivity index is 1.38. The zero-order chi connectivity index (χ0) is 22.4. The van der Waals surface area contributed by atoms with Crippen LogP contribution < -0.4 is 0 Å². The average molecular weight is 448 g/mol. The predicted octanol–water partition coefficient (Wildman–Crippen LogP) is 4.14. The highest BCUT2D eigenvalue weighted by atomic mass is 35.5. The molecule has 0 saturated carbocycles. The fraction of sp³-hybridized carbons (Fsp3) is 0.583. The Hall–Kier alpha value is -2.05. The van der Waals surface area contributed by atoms with Crippen molar-refractivity contribution in [3.05, 3.63) is 40.9 Å². The first kappa shape index (κ1) is 23.6. The van der Waals surface area contributed by atoms with Crippen LogP contribution in [0.2, 0.25) is 5.02 Å². The van der Waals surface area contributed by atoms with Crippen LogP contribution in [-0.2, 0) is 9.53 Å². The zero-order valence-electron chi connectivity index (χ0n) is 18.8. The van der Waals surface area contributed by atoms with Crippen LogP contribution in [0.5, 0.6) is 0 Å². The van der Waals surface area contributed by atoms with Gasteiger partial charge in [0.15, 0.2) is 0 Å². The van der Waals surface area contributed by atoms with Crippen molar-refractivity contribution in [3.8, 4) is 0 Å². The summed E-state index contributed by atoms with van der Waals surface area (Å²) in [6, 6.07) is 7.83. The number of halogens is 1. The summed E-state index contributed by atoms with van der Waals surface area (Å²) in [5.41, 5.74) is 0.621. The summed E-state index contributed by atoms with van der Waals surface area (Å²) in [5, 5.41) is 0.745. The Morgan fingerprint density at radius 2 is 1.74 bits per heavy atom. The standard InChI is InChI=1S/C24H34ClN3O3/c1-24(2,3)31-23(30)28-15-13-26(14-16-28)18-22(29)27-11-9-19(10-12-27)7-8-20-5-4-6-21(25)17-20/h4-8,17,19H,9-16,18H2,1-3H3. The number of benzene rings is 1. The third kappa shape index (κ3) is 7.54. The second kappa shape index (κ2) is 10.5. The third-order valence-corrected chi connectivity index (χ3v) is 5.92. The third-order valence-electron chi connectivity index (χ3n) is 5.68. The van der Waals surface area contributed by atoms with Gasteiger partial charge < -0.3 is 14.5 Å². The zero-order valence-corrected chi connectivity index (χ0v) is 19.6. The number of hydrogen-bond donors (Lipinski definition) is 0. The van der Waals surface area contributed by atoms with Crippen molar-refractivity contribution < 1.29 is 14.3 Å². The molecule has 0 N–H and O–H groups in total. The minimum atomic E-state index is -0.486. The number of rotatable bonds is 4. The highest BCUT2D eigenvalue weighted by molar-refractivity contribution is 6.30. The molecule has 7 heteroatoms. The number of allylic oxidation sites excluding steroid dienone is 1. The van der Waals surface area contributed by atoms with Crippen LogP contribution in [0.25, 0.3) is 6.08 Å². The van der Waals surface area contributed by atoms with Crippen molar-refractivity contribution >= 4 is 29.7 Å². The van der Waals surface area contributed by atoms with Crippen molar-refractivity contribution in [2.75, 3.05) is 45.8 Å². The molecule has 31 heavy (non-hydrogen) atoms. The van der Waals surface area contributed by atoms with Crippen molar-refractivity contribution in [1.29, 1.82) is 0 Å². The van der Waals surface area contributed by atoms with Gasteiger partial charge >= 0.3 is 6.09 Å². The monoisotopic (exact) mass is 447 g/mol. The molecule has 0 spiro atoms. The van der Waals surface area contributed by atoms with Gasteiger partial charge in [-0.1, -0.05) is 35.9 Å². The van der Waals surface area contributed by atoms with E-state index in [0.717, 1.165) is 36.5 Å². The number of carbonyl (C=O) groups is 2. The molecule has 0 bridgehead atoms. The first-order chi connectivity index (χ1) is 14.7. The Morgan fingerprint density at radius 1 is 1.06 bits per heavy atom. The van der Waals surface area contributed by atoms with E-state index >= 15 is 0 Å². The molecular formula is C24H34ClN3O3. The normalized spacial score (nSPS) is 19.1. The maximum absolute atomic E-state index is 12.7.